The Bertz CT molecular complexity index is 676. The Hall–Kier alpha value is -2.83. The van der Waals surface area contributed by atoms with Gasteiger partial charge in [-0.1, -0.05) is 18.2 Å². The highest BCUT2D eigenvalue weighted by Crippen LogP contribution is 2.29. The molecule has 0 aliphatic rings. The van der Waals surface area contributed by atoms with Gasteiger partial charge >= 0.3 is 12.6 Å². The van der Waals surface area contributed by atoms with Crippen molar-refractivity contribution < 1.29 is 32.5 Å². The molecule has 0 aliphatic heterocycles. The number of halogens is 2. The van der Waals surface area contributed by atoms with Crippen molar-refractivity contribution in [1.82, 2.24) is 0 Å². The molecule has 25 heavy (non-hydrogen) atoms. The van der Waals surface area contributed by atoms with Crippen molar-refractivity contribution in [3.05, 3.63) is 54.1 Å². The fourth-order valence-electron chi connectivity index (χ4n) is 2.00. The lowest BCUT2D eigenvalue weighted by Gasteiger charge is -2.11. The summed E-state index contributed by atoms with van der Waals surface area (Å²) in [7, 11) is 1.30. The Morgan fingerprint density at radius 2 is 1.80 bits per heavy atom. The number of carbonyl (C=O) groups excluding carboxylic acids is 1. The highest BCUT2D eigenvalue weighted by Gasteiger charge is 2.15. The van der Waals surface area contributed by atoms with E-state index in [0.29, 0.717) is 13.0 Å². The van der Waals surface area contributed by atoms with Crippen LogP contribution in [-0.4, -0.2) is 32.9 Å². The van der Waals surface area contributed by atoms with Gasteiger partial charge in [0.1, 0.15) is 5.75 Å². The molecule has 0 saturated heterocycles. The van der Waals surface area contributed by atoms with Crippen LogP contribution in [-0.2, 0) is 4.74 Å². The standard InChI is InChI=1S/C18H18F2O5/c1-22-16-12-13(8-9-15(16)25-18(19)20)17(21)24-11-5-10-23-14-6-3-2-4-7-14/h2-4,6-9,12,18H,5,10-11H2,1H3. The lowest BCUT2D eigenvalue weighted by atomic mass is 10.2. The number of carbonyl (C=O) groups is 1. The van der Waals surface area contributed by atoms with Crippen molar-refractivity contribution in [1.29, 1.82) is 0 Å². The first-order chi connectivity index (χ1) is 12.1. The minimum Gasteiger partial charge on any atom is -0.493 e. The van der Waals surface area contributed by atoms with Crippen molar-refractivity contribution in [3.63, 3.8) is 0 Å². The first-order valence-electron chi connectivity index (χ1n) is 7.58. The predicted molar refractivity (Wildman–Crippen MR) is 86.5 cm³/mol. The van der Waals surface area contributed by atoms with E-state index in [2.05, 4.69) is 4.74 Å². The van der Waals surface area contributed by atoms with Crippen LogP contribution in [0.4, 0.5) is 8.78 Å². The molecule has 0 heterocycles. The number of methoxy groups -OCH3 is 1. The van der Waals surface area contributed by atoms with E-state index in [-0.39, 0.29) is 23.7 Å². The van der Waals surface area contributed by atoms with Gasteiger partial charge in [-0.3, -0.25) is 0 Å². The molecular formula is C18H18F2O5. The molecule has 0 aromatic heterocycles. The van der Waals surface area contributed by atoms with Gasteiger partial charge in [-0.05, 0) is 30.3 Å². The smallest absolute Gasteiger partial charge is 0.387 e. The van der Waals surface area contributed by atoms with Crippen molar-refractivity contribution in [2.75, 3.05) is 20.3 Å². The number of hydrogen-bond donors (Lipinski definition) is 0. The molecule has 134 valence electrons. The Morgan fingerprint density at radius 1 is 1.04 bits per heavy atom. The number of ether oxygens (including phenoxy) is 4. The zero-order chi connectivity index (χ0) is 18.1. The second-order valence-corrected chi connectivity index (χ2v) is 4.90. The van der Waals surface area contributed by atoms with E-state index in [1.807, 2.05) is 30.3 Å². The highest BCUT2D eigenvalue weighted by molar-refractivity contribution is 5.90. The van der Waals surface area contributed by atoms with E-state index in [1.54, 1.807) is 0 Å². The monoisotopic (exact) mass is 352 g/mol. The van der Waals surface area contributed by atoms with Gasteiger partial charge in [-0.25, -0.2) is 4.79 Å². The quantitative estimate of drug-likeness (QED) is 0.506. The van der Waals surface area contributed by atoms with E-state index in [9.17, 15) is 13.6 Å². The van der Waals surface area contributed by atoms with Gasteiger partial charge in [0, 0.05) is 6.42 Å². The average molecular weight is 352 g/mol. The summed E-state index contributed by atoms with van der Waals surface area (Å²) >= 11 is 0. The van der Waals surface area contributed by atoms with E-state index in [4.69, 9.17) is 14.2 Å². The van der Waals surface area contributed by atoms with Crippen LogP contribution in [0.3, 0.4) is 0 Å². The molecule has 0 saturated carbocycles. The summed E-state index contributed by atoms with van der Waals surface area (Å²) in [5, 5.41) is 0. The predicted octanol–water partition coefficient (Wildman–Crippen LogP) is 3.92. The Kier molecular flexibility index (Phi) is 7.00. The molecule has 7 heteroatoms. The molecule has 5 nitrogen and oxygen atoms in total. The maximum Gasteiger partial charge on any atom is 0.387 e. The number of esters is 1. The number of benzene rings is 2. The first-order valence-corrected chi connectivity index (χ1v) is 7.58. The van der Waals surface area contributed by atoms with Gasteiger partial charge in [0.15, 0.2) is 11.5 Å². The maximum atomic E-state index is 12.3. The summed E-state index contributed by atoms with van der Waals surface area (Å²) < 4.78 is 44.4. The largest absolute Gasteiger partial charge is 0.493 e. The third-order valence-electron chi connectivity index (χ3n) is 3.15. The average Bonchev–Trinajstić information content (AvgIpc) is 2.62. The number of alkyl halides is 2. The van der Waals surface area contributed by atoms with Crippen LogP contribution in [0.2, 0.25) is 0 Å². The Labute approximate surface area is 144 Å². The topological polar surface area (TPSA) is 54.0 Å². The summed E-state index contributed by atoms with van der Waals surface area (Å²) in [4.78, 5) is 12.0. The lowest BCUT2D eigenvalue weighted by Crippen LogP contribution is -2.10. The molecule has 0 N–H and O–H groups in total. The normalized spacial score (nSPS) is 10.4. The maximum absolute atomic E-state index is 12.3. The number of hydrogen-bond acceptors (Lipinski definition) is 5. The number of rotatable bonds is 9. The summed E-state index contributed by atoms with van der Waals surface area (Å²) in [5.41, 5.74) is 0.183. The fourth-order valence-corrected chi connectivity index (χ4v) is 2.00. The van der Waals surface area contributed by atoms with Gasteiger partial charge in [-0.2, -0.15) is 8.78 Å². The molecule has 2 rings (SSSR count). The number of para-hydroxylation sites is 1. The SMILES string of the molecule is COc1cc(C(=O)OCCCOc2ccccc2)ccc1OC(F)F. The third-order valence-corrected chi connectivity index (χ3v) is 3.15. The molecule has 0 radical (unpaired) electrons. The van der Waals surface area contributed by atoms with Gasteiger partial charge in [0.25, 0.3) is 0 Å². The Balaban J connectivity index is 1.80. The van der Waals surface area contributed by atoms with Crippen LogP contribution >= 0.6 is 0 Å². The third kappa shape index (κ3) is 5.95. The zero-order valence-electron chi connectivity index (χ0n) is 13.6. The van der Waals surface area contributed by atoms with E-state index in [0.717, 1.165) is 5.75 Å². The van der Waals surface area contributed by atoms with Crippen LogP contribution in [0.5, 0.6) is 17.2 Å². The molecule has 0 atom stereocenters. The second-order valence-electron chi connectivity index (χ2n) is 4.90. The van der Waals surface area contributed by atoms with Crippen LogP contribution < -0.4 is 14.2 Å². The first kappa shape index (κ1) is 18.5. The molecular weight excluding hydrogens is 334 g/mol. The van der Waals surface area contributed by atoms with Crippen molar-refractivity contribution >= 4 is 5.97 Å². The summed E-state index contributed by atoms with van der Waals surface area (Å²) in [6.45, 7) is -2.40. The molecule has 0 spiro atoms. The summed E-state index contributed by atoms with van der Waals surface area (Å²) in [6, 6.07) is 13.2. The molecule has 0 fully saturated rings. The Morgan fingerprint density at radius 3 is 2.48 bits per heavy atom. The second kappa shape index (κ2) is 9.46. The van der Waals surface area contributed by atoms with E-state index >= 15 is 0 Å². The van der Waals surface area contributed by atoms with Crippen molar-refractivity contribution in [2.24, 2.45) is 0 Å². The van der Waals surface area contributed by atoms with Gasteiger partial charge < -0.3 is 18.9 Å². The van der Waals surface area contributed by atoms with Crippen LogP contribution in [0.1, 0.15) is 16.8 Å². The summed E-state index contributed by atoms with van der Waals surface area (Å²) in [5.74, 6) is 0.0438. The summed E-state index contributed by atoms with van der Waals surface area (Å²) in [6.07, 6.45) is 0.518. The van der Waals surface area contributed by atoms with E-state index in [1.165, 1.54) is 25.3 Å². The van der Waals surface area contributed by atoms with Crippen molar-refractivity contribution in [2.45, 2.75) is 13.0 Å². The van der Waals surface area contributed by atoms with Crippen molar-refractivity contribution in [3.8, 4) is 17.2 Å². The zero-order valence-corrected chi connectivity index (χ0v) is 13.6. The lowest BCUT2D eigenvalue weighted by molar-refractivity contribution is -0.0512. The molecule has 0 amide bonds. The molecule has 2 aromatic carbocycles. The molecule has 0 bridgehead atoms. The van der Waals surface area contributed by atoms with Gasteiger partial charge in [-0.15, -0.1) is 0 Å². The molecule has 0 unspecified atom stereocenters. The van der Waals surface area contributed by atoms with E-state index < -0.39 is 12.6 Å². The molecule has 2 aromatic rings. The minimum atomic E-state index is -2.98. The molecule has 0 aliphatic carbocycles. The van der Waals surface area contributed by atoms with Crippen LogP contribution in [0, 0.1) is 0 Å². The van der Waals surface area contributed by atoms with Crippen LogP contribution in [0.25, 0.3) is 0 Å². The minimum absolute atomic E-state index is 0.0298. The fraction of sp³-hybridized carbons (Fsp3) is 0.278. The van der Waals surface area contributed by atoms with Gasteiger partial charge in [0.2, 0.25) is 0 Å². The van der Waals surface area contributed by atoms with Gasteiger partial charge in [0.05, 0.1) is 25.9 Å². The highest BCUT2D eigenvalue weighted by atomic mass is 19.3. The van der Waals surface area contributed by atoms with Crippen LogP contribution in [0.15, 0.2) is 48.5 Å².